The molecule has 43 heavy (non-hydrogen) atoms. The first-order valence-corrected chi connectivity index (χ1v) is 16.2. The van der Waals surface area contributed by atoms with Crippen LogP contribution in [0.1, 0.15) is 70.2 Å². The van der Waals surface area contributed by atoms with E-state index in [1.165, 1.54) is 0 Å². The van der Waals surface area contributed by atoms with Crippen LogP contribution in [0, 0.1) is 11.8 Å². The molecule has 2 aromatic rings. The summed E-state index contributed by atoms with van der Waals surface area (Å²) in [6, 6.07) is 8.93. The largest absolute Gasteiger partial charge is 0.392 e. The zero-order valence-electron chi connectivity index (χ0n) is 26.1. The van der Waals surface area contributed by atoms with E-state index in [4.69, 9.17) is 0 Å². The van der Waals surface area contributed by atoms with Gasteiger partial charge in [-0.25, -0.2) is 0 Å². The second kappa shape index (κ2) is 14.6. The number of pyridine rings is 1. The van der Waals surface area contributed by atoms with E-state index in [9.17, 15) is 19.8 Å². The molecular formula is C33H48BrN5O4. The van der Waals surface area contributed by atoms with Gasteiger partial charge in [-0.05, 0) is 74.4 Å². The summed E-state index contributed by atoms with van der Waals surface area (Å²) in [5.41, 5.74) is 2.67. The number of piperazine rings is 1. The minimum Gasteiger partial charge on any atom is -0.392 e. The Morgan fingerprint density at radius 2 is 1.93 bits per heavy atom. The molecule has 2 amide bonds. The number of amides is 2. The van der Waals surface area contributed by atoms with Crippen LogP contribution in [0.15, 0.2) is 47.2 Å². The van der Waals surface area contributed by atoms with Crippen molar-refractivity contribution in [3.8, 4) is 0 Å². The van der Waals surface area contributed by atoms with Crippen LogP contribution in [-0.2, 0) is 22.6 Å². The number of aromatic nitrogens is 1. The van der Waals surface area contributed by atoms with E-state index in [1.807, 2.05) is 57.3 Å². The third-order valence-corrected chi connectivity index (χ3v) is 8.68. The summed E-state index contributed by atoms with van der Waals surface area (Å²) in [4.78, 5) is 35.6. The van der Waals surface area contributed by atoms with Gasteiger partial charge in [0.2, 0.25) is 11.8 Å². The van der Waals surface area contributed by atoms with Crippen LogP contribution in [0.25, 0.3) is 0 Å². The highest BCUT2D eigenvalue weighted by molar-refractivity contribution is 9.10. The summed E-state index contributed by atoms with van der Waals surface area (Å²) < 4.78 is 0.902. The summed E-state index contributed by atoms with van der Waals surface area (Å²) in [6.45, 7) is 12.9. The molecule has 0 saturated carbocycles. The average molecular weight is 659 g/mol. The molecular weight excluding hydrogens is 610 g/mol. The molecule has 1 aromatic heterocycles. The van der Waals surface area contributed by atoms with E-state index in [-0.39, 0.29) is 29.7 Å². The molecule has 9 nitrogen and oxygen atoms in total. The minimum atomic E-state index is -0.792. The van der Waals surface area contributed by atoms with Crippen LogP contribution in [0.2, 0.25) is 0 Å². The molecule has 1 aliphatic heterocycles. The van der Waals surface area contributed by atoms with E-state index in [0.29, 0.717) is 39.0 Å². The standard InChI is InChI=1S/C33H48BrN5O4/c1-21(2)13-24(31(42)36-30-27-16-25(34)9-8-23(27)15-29(30)41)14-26(40)19-39-12-11-38(18-22-7-6-10-35-17-22)20-28(39)32(43)37-33(3,4)5/h6-10,16-17,21,24,26,28-30,40-41H,11-15,18-20H2,1-5H3,(H,36,42)(H,37,43)/t24-,26+,28+,29-,30+/m1/s1. The minimum absolute atomic E-state index is 0.0629. The third-order valence-electron chi connectivity index (χ3n) is 8.19. The van der Waals surface area contributed by atoms with Crippen molar-refractivity contribution in [2.45, 2.75) is 90.3 Å². The second-order valence-corrected chi connectivity index (χ2v) is 14.6. The number of carbonyl (C=O) groups is 2. The maximum absolute atomic E-state index is 13.6. The summed E-state index contributed by atoms with van der Waals surface area (Å²) in [5.74, 6) is -0.397. The van der Waals surface area contributed by atoms with Gasteiger partial charge in [0.15, 0.2) is 0 Å². The van der Waals surface area contributed by atoms with Crippen LogP contribution in [0.4, 0.5) is 0 Å². The lowest BCUT2D eigenvalue weighted by Gasteiger charge is -2.42. The zero-order valence-corrected chi connectivity index (χ0v) is 27.7. The molecule has 2 heterocycles. The predicted octanol–water partition coefficient (Wildman–Crippen LogP) is 3.43. The summed E-state index contributed by atoms with van der Waals surface area (Å²) in [7, 11) is 0. The van der Waals surface area contributed by atoms with Gasteiger partial charge in [0, 0.05) is 67.5 Å². The quantitative estimate of drug-likeness (QED) is 0.292. The number of nitrogens with one attached hydrogen (secondary N) is 2. The summed E-state index contributed by atoms with van der Waals surface area (Å²) >= 11 is 3.50. The number of aliphatic hydroxyl groups is 2. The van der Waals surface area contributed by atoms with Gasteiger partial charge in [0.1, 0.15) is 6.04 Å². The van der Waals surface area contributed by atoms with Crippen molar-refractivity contribution in [3.63, 3.8) is 0 Å². The van der Waals surface area contributed by atoms with Gasteiger partial charge in [-0.15, -0.1) is 0 Å². The lowest BCUT2D eigenvalue weighted by molar-refractivity contribution is -0.132. The molecule has 1 aromatic carbocycles. The van der Waals surface area contributed by atoms with Crippen LogP contribution in [0.3, 0.4) is 0 Å². The Hall–Kier alpha value is -2.37. The zero-order chi connectivity index (χ0) is 31.3. The van der Waals surface area contributed by atoms with E-state index < -0.39 is 30.2 Å². The number of halogens is 1. The van der Waals surface area contributed by atoms with Crippen molar-refractivity contribution in [1.29, 1.82) is 0 Å². The maximum Gasteiger partial charge on any atom is 0.239 e. The normalized spacial score (nSPS) is 22.7. The van der Waals surface area contributed by atoms with E-state index in [2.05, 4.69) is 55.2 Å². The van der Waals surface area contributed by atoms with Crippen molar-refractivity contribution in [3.05, 3.63) is 63.9 Å². The first-order valence-electron chi connectivity index (χ1n) is 15.4. The molecule has 2 aliphatic rings. The van der Waals surface area contributed by atoms with Crippen molar-refractivity contribution in [1.82, 2.24) is 25.4 Å². The maximum atomic E-state index is 13.6. The van der Waals surface area contributed by atoms with Gasteiger partial charge < -0.3 is 20.8 Å². The topological polar surface area (TPSA) is 118 Å². The monoisotopic (exact) mass is 657 g/mol. The molecule has 5 atom stereocenters. The predicted molar refractivity (Wildman–Crippen MR) is 171 cm³/mol. The molecule has 1 fully saturated rings. The molecule has 0 radical (unpaired) electrons. The molecule has 10 heteroatoms. The Kier molecular flexibility index (Phi) is 11.4. The van der Waals surface area contributed by atoms with Crippen LogP contribution in [0.5, 0.6) is 0 Å². The highest BCUT2D eigenvalue weighted by Crippen LogP contribution is 2.34. The number of hydrogen-bond donors (Lipinski definition) is 4. The summed E-state index contributed by atoms with van der Waals surface area (Å²) in [6.07, 6.45) is 3.51. The number of hydrogen-bond acceptors (Lipinski definition) is 7. The van der Waals surface area contributed by atoms with Crippen molar-refractivity contribution in [2.24, 2.45) is 11.8 Å². The van der Waals surface area contributed by atoms with Gasteiger partial charge in [0.25, 0.3) is 0 Å². The van der Waals surface area contributed by atoms with Gasteiger partial charge >= 0.3 is 0 Å². The Balaban J connectivity index is 1.43. The fourth-order valence-electron chi connectivity index (χ4n) is 6.28. The molecule has 0 bridgehead atoms. The molecule has 0 unspecified atom stereocenters. The lowest BCUT2D eigenvalue weighted by atomic mass is 9.90. The van der Waals surface area contributed by atoms with Crippen molar-refractivity contribution in [2.75, 3.05) is 26.2 Å². The molecule has 4 rings (SSSR count). The number of nitrogens with zero attached hydrogens (tertiary/aromatic N) is 3. The van der Waals surface area contributed by atoms with Crippen molar-refractivity contribution >= 4 is 27.7 Å². The van der Waals surface area contributed by atoms with Crippen LogP contribution < -0.4 is 10.6 Å². The molecule has 1 saturated heterocycles. The molecule has 236 valence electrons. The van der Waals surface area contributed by atoms with Crippen LogP contribution in [-0.4, -0.2) is 86.8 Å². The second-order valence-electron chi connectivity index (χ2n) is 13.7. The highest BCUT2D eigenvalue weighted by Gasteiger charge is 2.37. The van der Waals surface area contributed by atoms with E-state index in [1.54, 1.807) is 6.20 Å². The van der Waals surface area contributed by atoms with Gasteiger partial charge in [-0.2, -0.15) is 0 Å². The average Bonchev–Trinajstić information content (AvgIpc) is 3.22. The smallest absolute Gasteiger partial charge is 0.239 e. The number of fused-ring (bicyclic) bond motifs is 1. The Bertz CT molecular complexity index is 1240. The van der Waals surface area contributed by atoms with Crippen molar-refractivity contribution < 1.29 is 19.8 Å². The lowest BCUT2D eigenvalue weighted by Crippen LogP contribution is -2.61. The van der Waals surface area contributed by atoms with E-state index in [0.717, 1.165) is 27.7 Å². The van der Waals surface area contributed by atoms with E-state index >= 15 is 0 Å². The van der Waals surface area contributed by atoms with Gasteiger partial charge in [-0.1, -0.05) is 41.9 Å². The third kappa shape index (κ3) is 9.56. The number of benzene rings is 1. The fourth-order valence-corrected chi connectivity index (χ4v) is 6.66. The van der Waals surface area contributed by atoms with Gasteiger partial charge in [-0.3, -0.25) is 24.4 Å². The first-order chi connectivity index (χ1) is 20.3. The number of carbonyl (C=O) groups excluding carboxylic acids is 2. The Morgan fingerprint density at radius 1 is 1.16 bits per heavy atom. The number of rotatable bonds is 11. The van der Waals surface area contributed by atoms with Crippen LogP contribution >= 0.6 is 15.9 Å². The van der Waals surface area contributed by atoms with Gasteiger partial charge in [0.05, 0.1) is 18.2 Å². The highest BCUT2D eigenvalue weighted by atomic mass is 79.9. The number of aliphatic hydroxyl groups excluding tert-OH is 2. The SMILES string of the molecule is CC(C)C[C@H](C[C@H](O)CN1CCN(Cc2cccnc2)C[C@H]1C(=O)NC(C)(C)C)C(=O)N[C@H]1c2cc(Br)ccc2C[C@H]1O. The molecule has 4 N–H and O–H groups in total. The summed E-state index contributed by atoms with van der Waals surface area (Å²) in [5, 5.41) is 28.3. The fraction of sp³-hybridized carbons (Fsp3) is 0.606. The first kappa shape index (κ1) is 33.5. The Morgan fingerprint density at radius 3 is 2.60 bits per heavy atom. The Labute approximate surface area is 264 Å². The number of β-amino-alcohol motifs (C(OH)–C–C–N with tert-alkyl or cyclic N) is 1. The molecule has 0 spiro atoms. The molecule has 1 aliphatic carbocycles.